The molecule has 0 aliphatic heterocycles. The maximum Gasteiger partial charge on any atom is 0.411 e. The molecule has 0 aromatic heterocycles. The van der Waals surface area contributed by atoms with Gasteiger partial charge in [-0.2, -0.15) is 0 Å². The zero-order valence-corrected chi connectivity index (χ0v) is 27.0. The molecular weight excluding hydrogens is 480 g/mol. The molecule has 0 saturated heterocycles. The number of rotatable bonds is 9. The molecule has 2 aromatic rings. The number of carbonyl (C=O) groups is 1. The third-order valence-electron chi connectivity index (χ3n) is 7.20. The van der Waals surface area contributed by atoms with E-state index in [0.717, 1.165) is 38.0 Å². The largest absolute Gasteiger partial charge is 0.449 e. The Hall–Kier alpha value is -2.33. The van der Waals surface area contributed by atoms with Crippen LogP contribution in [0.2, 0.25) is 0 Å². The zero-order valence-electron chi connectivity index (χ0n) is 27.0. The molecule has 0 saturated carbocycles. The average molecular weight is 537 g/mol. The van der Waals surface area contributed by atoms with Crippen LogP contribution in [-0.4, -0.2) is 19.2 Å². The summed E-state index contributed by atoms with van der Waals surface area (Å²) in [5.41, 5.74) is 7.60. The predicted octanol–water partition coefficient (Wildman–Crippen LogP) is 9.39. The maximum absolute atomic E-state index is 12.5. The van der Waals surface area contributed by atoms with Crippen LogP contribution in [0.1, 0.15) is 130 Å². The van der Waals surface area contributed by atoms with Crippen molar-refractivity contribution in [1.82, 2.24) is 5.32 Å². The molecule has 2 rings (SSSR count). The Balaban J connectivity index is 1.78. The van der Waals surface area contributed by atoms with Gasteiger partial charge in [0.1, 0.15) is 0 Å². The first kappa shape index (κ1) is 32.9. The molecule has 218 valence electrons. The van der Waals surface area contributed by atoms with E-state index in [-0.39, 0.29) is 27.8 Å². The van der Waals surface area contributed by atoms with Crippen LogP contribution in [0.5, 0.6) is 0 Å². The molecule has 0 spiro atoms. The van der Waals surface area contributed by atoms with E-state index in [9.17, 15) is 4.79 Å². The van der Waals surface area contributed by atoms with Gasteiger partial charge in [-0.1, -0.05) is 107 Å². The Morgan fingerprint density at radius 1 is 0.615 bits per heavy atom. The molecule has 39 heavy (non-hydrogen) atoms. The summed E-state index contributed by atoms with van der Waals surface area (Å²) in [6.45, 7) is 29.1. The number of amides is 1. The van der Waals surface area contributed by atoms with Crippen LogP contribution in [0.25, 0.3) is 0 Å². The van der Waals surface area contributed by atoms with E-state index in [1.807, 2.05) is 0 Å². The van der Waals surface area contributed by atoms with E-state index in [2.05, 4.69) is 130 Å². The van der Waals surface area contributed by atoms with E-state index in [1.165, 1.54) is 27.8 Å². The van der Waals surface area contributed by atoms with Gasteiger partial charge in [-0.15, -0.1) is 0 Å². The summed E-state index contributed by atoms with van der Waals surface area (Å²) in [7, 11) is 0. The number of unbranched alkanes of at least 4 members (excludes halogenated alkanes) is 2. The second-order valence-electron chi connectivity index (χ2n) is 15.2. The molecule has 4 heteroatoms. The van der Waals surface area contributed by atoms with Crippen molar-refractivity contribution in [1.29, 1.82) is 0 Å². The van der Waals surface area contributed by atoms with Gasteiger partial charge in [0.2, 0.25) is 0 Å². The first-order valence-corrected chi connectivity index (χ1v) is 14.7. The van der Waals surface area contributed by atoms with Gasteiger partial charge in [0.25, 0.3) is 0 Å². The summed E-state index contributed by atoms with van der Waals surface area (Å²) in [6, 6.07) is 13.4. The second kappa shape index (κ2) is 12.9. The zero-order chi connectivity index (χ0) is 29.6. The molecule has 0 radical (unpaired) electrons. The summed E-state index contributed by atoms with van der Waals surface area (Å²) in [4.78, 5) is 12.5. The van der Waals surface area contributed by atoms with Crippen molar-refractivity contribution >= 4 is 11.8 Å². The first-order chi connectivity index (χ1) is 17.8. The lowest BCUT2D eigenvalue weighted by Crippen LogP contribution is -2.20. The molecule has 0 bridgehead atoms. The molecular formula is C35H56N2O2. The van der Waals surface area contributed by atoms with Crippen molar-refractivity contribution in [2.24, 2.45) is 0 Å². The van der Waals surface area contributed by atoms with Gasteiger partial charge in [-0.3, -0.25) is 5.32 Å². The van der Waals surface area contributed by atoms with Crippen molar-refractivity contribution in [2.45, 2.75) is 131 Å². The van der Waals surface area contributed by atoms with Gasteiger partial charge in [-0.05, 0) is 87.4 Å². The topological polar surface area (TPSA) is 50.4 Å². The van der Waals surface area contributed by atoms with Crippen LogP contribution < -0.4 is 10.6 Å². The van der Waals surface area contributed by atoms with Gasteiger partial charge < -0.3 is 10.1 Å². The number of anilines is 1. The summed E-state index contributed by atoms with van der Waals surface area (Å²) in [5.74, 6) is 0. The predicted molar refractivity (Wildman–Crippen MR) is 168 cm³/mol. The van der Waals surface area contributed by atoms with E-state index < -0.39 is 0 Å². The van der Waals surface area contributed by atoms with Gasteiger partial charge in [0.15, 0.2) is 0 Å². The molecule has 2 N–H and O–H groups in total. The van der Waals surface area contributed by atoms with E-state index in [0.29, 0.717) is 6.61 Å². The van der Waals surface area contributed by atoms with Crippen LogP contribution >= 0.6 is 0 Å². The Bertz CT molecular complexity index is 1030. The molecule has 0 aliphatic carbocycles. The van der Waals surface area contributed by atoms with Crippen molar-refractivity contribution in [3.05, 3.63) is 64.2 Å². The van der Waals surface area contributed by atoms with Crippen LogP contribution in [-0.2, 0) is 32.9 Å². The van der Waals surface area contributed by atoms with Gasteiger partial charge in [0, 0.05) is 12.2 Å². The normalized spacial score (nSPS) is 12.9. The highest BCUT2D eigenvalue weighted by molar-refractivity contribution is 5.85. The van der Waals surface area contributed by atoms with Crippen LogP contribution in [0, 0.1) is 0 Å². The molecule has 0 unspecified atom stereocenters. The lowest BCUT2D eigenvalue weighted by atomic mass is 9.79. The third-order valence-corrected chi connectivity index (χ3v) is 7.20. The highest BCUT2D eigenvalue weighted by atomic mass is 16.5. The summed E-state index contributed by atoms with van der Waals surface area (Å²) >= 11 is 0. The second-order valence-corrected chi connectivity index (χ2v) is 15.2. The maximum atomic E-state index is 12.5. The fourth-order valence-corrected chi connectivity index (χ4v) is 4.31. The molecule has 0 heterocycles. The van der Waals surface area contributed by atoms with Crippen LogP contribution in [0.15, 0.2) is 36.4 Å². The van der Waals surface area contributed by atoms with Crippen molar-refractivity contribution in [3.63, 3.8) is 0 Å². The van der Waals surface area contributed by atoms with Crippen molar-refractivity contribution in [3.8, 4) is 0 Å². The highest BCUT2D eigenvalue weighted by Gasteiger charge is 2.22. The minimum atomic E-state index is -0.382. The monoisotopic (exact) mass is 536 g/mol. The smallest absolute Gasteiger partial charge is 0.411 e. The molecule has 2 aromatic carbocycles. The Kier molecular flexibility index (Phi) is 10.9. The number of nitrogens with one attached hydrogen (secondary N) is 2. The Labute approximate surface area is 239 Å². The fourth-order valence-electron chi connectivity index (χ4n) is 4.31. The minimum absolute atomic E-state index is 0.0000978. The number of ether oxygens (including phenoxy) is 1. The molecule has 4 nitrogen and oxygen atoms in total. The lowest BCUT2D eigenvalue weighted by molar-refractivity contribution is 0.159. The SMILES string of the molecule is CC(C)(C)c1cc(CNCCCCCOC(=O)Nc2cc(C(C)(C)C)cc(C(C)(C)C)c2)cc(C(C)(C)C)c1. The molecule has 0 atom stereocenters. The molecule has 0 fully saturated rings. The van der Waals surface area contributed by atoms with Gasteiger partial charge in [-0.25, -0.2) is 4.79 Å². The third kappa shape index (κ3) is 11.0. The number of hydrogen-bond donors (Lipinski definition) is 2. The summed E-state index contributed by atoms with van der Waals surface area (Å²) < 4.78 is 5.49. The van der Waals surface area contributed by atoms with E-state index >= 15 is 0 Å². The quantitative estimate of drug-likeness (QED) is 0.314. The van der Waals surface area contributed by atoms with E-state index in [4.69, 9.17) is 4.74 Å². The number of hydrogen-bond acceptors (Lipinski definition) is 3. The number of benzene rings is 2. The minimum Gasteiger partial charge on any atom is -0.449 e. The summed E-state index contributed by atoms with van der Waals surface area (Å²) in [5, 5.41) is 6.56. The summed E-state index contributed by atoms with van der Waals surface area (Å²) in [6.07, 6.45) is 2.55. The number of carbonyl (C=O) groups excluding carboxylic acids is 1. The van der Waals surface area contributed by atoms with Crippen LogP contribution in [0.4, 0.5) is 10.5 Å². The molecule has 0 aliphatic rings. The van der Waals surface area contributed by atoms with Crippen LogP contribution in [0.3, 0.4) is 0 Å². The van der Waals surface area contributed by atoms with Gasteiger partial charge in [0.05, 0.1) is 6.61 Å². The van der Waals surface area contributed by atoms with Crippen molar-refractivity contribution in [2.75, 3.05) is 18.5 Å². The fraction of sp³-hybridized carbons (Fsp3) is 0.629. The standard InChI is InChI=1S/C35H56N2O2/c1-32(2,3)26-18-25(19-27(20-26)33(4,5)6)24-36-16-14-13-15-17-39-31(38)37-30-22-28(34(7,8)9)21-29(23-30)35(10,11)12/h18-23,36H,13-17,24H2,1-12H3,(H,37,38). The average Bonchev–Trinajstić information content (AvgIpc) is 2.78. The lowest BCUT2D eigenvalue weighted by Gasteiger charge is -2.26. The Morgan fingerprint density at radius 3 is 1.49 bits per heavy atom. The first-order valence-electron chi connectivity index (χ1n) is 14.7. The van der Waals surface area contributed by atoms with Crippen molar-refractivity contribution < 1.29 is 9.53 Å². The van der Waals surface area contributed by atoms with E-state index in [1.54, 1.807) is 0 Å². The Morgan fingerprint density at radius 2 is 1.05 bits per heavy atom. The van der Waals surface area contributed by atoms with Gasteiger partial charge >= 0.3 is 6.09 Å². The highest BCUT2D eigenvalue weighted by Crippen LogP contribution is 2.32. The molecule has 1 amide bonds.